The van der Waals surface area contributed by atoms with Gasteiger partial charge in [-0.2, -0.15) is 0 Å². The van der Waals surface area contributed by atoms with Gasteiger partial charge in [0.2, 0.25) is 0 Å². The normalized spacial score (nSPS) is 11.8. The monoisotopic (exact) mass is 232 g/mol. The molecule has 0 aliphatic heterocycles. The summed E-state index contributed by atoms with van der Waals surface area (Å²) in [7, 11) is 5.26. The minimum absolute atomic E-state index is 0.0142. The van der Waals surface area contributed by atoms with Gasteiger partial charge >= 0.3 is 5.97 Å². The van der Waals surface area contributed by atoms with Crippen LogP contribution in [0.3, 0.4) is 0 Å². The molecule has 0 amide bonds. The molecule has 0 aliphatic rings. The minimum Gasteiger partial charge on any atom is -0.482 e. The second-order valence-corrected chi connectivity index (χ2v) is 3.63. The van der Waals surface area contributed by atoms with E-state index in [9.17, 15) is 9.59 Å². The maximum absolute atomic E-state index is 11.3. The van der Waals surface area contributed by atoms with Crippen molar-refractivity contribution in [1.82, 2.24) is 0 Å². The Hall–Kier alpha value is -1.78. The van der Waals surface area contributed by atoms with E-state index in [1.807, 2.05) is 30.3 Å². The van der Waals surface area contributed by atoms with E-state index in [2.05, 4.69) is 0 Å². The molecule has 0 spiro atoms. The number of rotatable bonds is 6. The van der Waals surface area contributed by atoms with Gasteiger partial charge in [-0.25, -0.2) is 0 Å². The van der Waals surface area contributed by atoms with Crippen molar-refractivity contribution < 1.29 is 19.4 Å². The largest absolute Gasteiger partial charge is 0.482 e. The van der Waals surface area contributed by atoms with E-state index < -0.39 is 17.8 Å². The van der Waals surface area contributed by atoms with Crippen LogP contribution in [0.15, 0.2) is 30.3 Å². The Morgan fingerprint density at radius 2 is 1.94 bits per heavy atom. The number of carbonyl (C=O) groups excluding carboxylic acids is 1. The highest BCUT2D eigenvalue weighted by atomic mass is 16.5. The summed E-state index contributed by atoms with van der Waals surface area (Å²) in [5.41, 5.74) is 0.892. The molecule has 5 heteroatoms. The Balaban J connectivity index is 2.24. The third-order valence-corrected chi connectivity index (χ3v) is 2.22. The highest BCUT2D eigenvalue weighted by Gasteiger charge is 2.13. The Labute approximate surface area is 101 Å². The van der Waals surface area contributed by atoms with E-state index in [1.165, 1.54) is 0 Å². The predicted octanol–water partition coefficient (Wildman–Crippen LogP) is 1.55. The van der Waals surface area contributed by atoms with Crippen molar-refractivity contribution in [2.75, 3.05) is 0 Å². The number of esters is 1. The fourth-order valence-electron chi connectivity index (χ4n) is 1.21. The van der Waals surface area contributed by atoms with Crippen molar-refractivity contribution in [3.8, 4) is 0 Å². The standard InChI is InChI=1S/C12H13BO4/c13-10(12(15)16)6-7-11(14)17-8-9-4-2-1-3-5-9/h1-5,10H,6-8H2,(H,15,16). The number of ether oxygens (including phenoxy) is 1. The second-order valence-electron chi connectivity index (χ2n) is 3.63. The van der Waals surface area contributed by atoms with Crippen molar-refractivity contribution in [3.63, 3.8) is 0 Å². The molecule has 1 aromatic rings. The number of carboxylic acid groups (broad SMARTS) is 1. The van der Waals surface area contributed by atoms with E-state index in [-0.39, 0.29) is 19.4 Å². The molecule has 17 heavy (non-hydrogen) atoms. The molecule has 1 atom stereocenters. The maximum atomic E-state index is 11.3. The molecule has 0 saturated carbocycles. The molecule has 2 radical (unpaired) electrons. The quantitative estimate of drug-likeness (QED) is 0.597. The molecule has 1 unspecified atom stereocenters. The molecule has 1 rings (SSSR count). The van der Waals surface area contributed by atoms with Gasteiger partial charge in [0, 0.05) is 12.2 Å². The third-order valence-electron chi connectivity index (χ3n) is 2.22. The fourth-order valence-corrected chi connectivity index (χ4v) is 1.21. The van der Waals surface area contributed by atoms with Gasteiger partial charge in [-0.05, 0) is 12.0 Å². The topological polar surface area (TPSA) is 63.6 Å². The van der Waals surface area contributed by atoms with Crippen LogP contribution in [0.4, 0.5) is 0 Å². The van der Waals surface area contributed by atoms with Gasteiger partial charge < -0.3 is 9.84 Å². The Kier molecular flexibility index (Phi) is 5.26. The van der Waals surface area contributed by atoms with Gasteiger partial charge in [0.1, 0.15) is 6.61 Å². The fraction of sp³-hybridized carbons (Fsp3) is 0.333. The molecule has 0 bridgehead atoms. The molecule has 0 aromatic heterocycles. The van der Waals surface area contributed by atoms with Crippen molar-refractivity contribution >= 4 is 19.8 Å². The second kappa shape index (κ2) is 6.73. The number of aliphatic carboxylic acids is 1. The SMILES string of the molecule is [B]C(CCC(=O)OCc1ccccc1)C(=O)O. The van der Waals surface area contributed by atoms with Crippen molar-refractivity contribution in [2.45, 2.75) is 25.3 Å². The van der Waals surface area contributed by atoms with Crippen molar-refractivity contribution in [2.24, 2.45) is 0 Å². The summed E-state index contributed by atoms with van der Waals surface area (Å²) in [5, 5.41) is 8.53. The summed E-state index contributed by atoms with van der Waals surface area (Å²) in [6.45, 7) is 0.196. The number of hydrogen-bond acceptors (Lipinski definition) is 3. The first-order valence-electron chi connectivity index (χ1n) is 5.27. The summed E-state index contributed by atoms with van der Waals surface area (Å²) < 4.78 is 4.97. The van der Waals surface area contributed by atoms with Gasteiger partial charge in [-0.3, -0.25) is 9.59 Å². The van der Waals surface area contributed by atoms with Crippen LogP contribution in [-0.4, -0.2) is 24.9 Å². The number of carboxylic acids is 1. The molecule has 4 nitrogen and oxygen atoms in total. The van der Waals surface area contributed by atoms with Gasteiger partial charge in [0.05, 0.1) is 7.85 Å². The zero-order chi connectivity index (χ0) is 12.7. The van der Waals surface area contributed by atoms with Gasteiger partial charge in [0.15, 0.2) is 0 Å². The Bertz CT molecular complexity index is 377. The minimum atomic E-state index is -1.11. The third kappa shape index (κ3) is 5.20. The van der Waals surface area contributed by atoms with Crippen LogP contribution in [0.25, 0.3) is 0 Å². The molecule has 0 aliphatic carbocycles. The highest BCUT2D eigenvalue weighted by molar-refractivity contribution is 6.22. The van der Waals surface area contributed by atoms with Crippen molar-refractivity contribution in [1.29, 1.82) is 0 Å². The summed E-state index contributed by atoms with van der Waals surface area (Å²) in [5.74, 6) is -2.56. The van der Waals surface area contributed by atoms with Crippen LogP contribution in [0.2, 0.25) is 5.82 Å². The molecule has 88 valence electrons. The van der Waals surface area contributed by atoms with Crippen LogP contribution in [0.5, 0.6) is 0 Å². The van der Waals surface area contributed by atoms with E-state index in [1.54, 1.807) is 0 Å². The smallest absolute Gasteiger partial charge is 0.306 e. The lowest BCUT2D eigenvalue weighted by Crippen LogP contribution is -2.11. The highest BCUT2D eigenvalue weighted by Crippen LogP contribution is 2.10. The first kappa shape index (κ1) is 13.3. The van der Waals surface area contributed by atoms with Gasteiger partial charge in [-0.1, -0.05) is 30.3 Å². The molecule has 0 heterocycles. The first-order chi connectivity index (χ1) is 8.09. The van der Waals surface area contributed by atoms with Gasteiger partial charge in [0.25, 0.3) is 5.97 Å². The summed E-state index contributed by atoms with van der Waals surface area (Å²) in [6, 6.07) is 9.26. The Morgan fingerprint density at radius 1 is 1.29 bits per heavy atom. The van der Waals surface area contributed by atoms with E-state index in [0.717, 1.165) is 5.56 Å². The number of hydrogen-bond donors (Lipinski definition) is 1. The molecule has 1 aromatic carbocycles. The van der Waals surface area contributed by atoms with E-state index in [0.29, 0.717) is 0 Å². The summed E-state index contributed by atoms with van der Waals surface area (Å²) >= 11 is 0. The van der Waals surface area contributed by atoms with Crippen LogP contribution < -0.4 is 0 Å². The predicted molar refractivity (Wildman–Crippen MR) is 62.6 cm³/mol. The summed E-state index contributed by atoms with van der Waals surface area (Å²) in [6.07, 6.45) is 0.100. The van der Waals surface area contributed by atoms with E-state index >= 15 is 0 Å². The lowest BCUT2D eigenvalue weighted by molar-refractivity contribution is -0.145. The number of benzene rings is 1. The van der Waals surface area contributed by atoms with Crippen molar-refractivity contribution in [3.05, 3.63) is 35.9 Å². The lowest BCUT2D eigenvalue weighted by Gasteiger charge is -2.07. The van der Waals surface area contributed by atoms with Gasteiger partial charge in [-0.15, -0.1) is 0 Å². The lowest BCUT2D eigenvalue weighted by atomic mass is 9.84. The molecular formula is C12H13BO4. The van der Waals surface area contributed by atoms with E-state index in [4.69, 9.17) is 17.7 Å². The number of carbonyl (C=O) groups is 2. The van der Waals surface area contributed by atoms with Crippen LogP contribution in [0, 0.1) is 0 Å². The van der Waals surface area contributed by atoms with Crippen LogP contribution in [0.1, 0.15) is 18.4 Å². The zero-order valence-electron chi connectivity index (χ0n) is 9.33. The van der Waals surface area contributed by atoms with Crippen LogP contribution in [-0.2, 0) is 20.9 Å². The molecular weight excluding hydrogens is 219 g/mol. The molecule has 1 N–H and O–H groups in total. The first-order valence-corrected chi connectivity index (χ1v) is 5.27. The molecule has 0 fully saturated rings. The average Bonchev–Trinajstić information content (AvgIpc) is 2.34. The summed E-state index contributed by atoms with van der Waals surface area (Å²) in [4.78, 5) is 21.7. The maximum Gasteiger partial charge on any atom is 0.306 e. The Morgan fingerprint density at radius 3 is 2.53 bits per heavy atom. The molecule has 0 saturated heterocycles. The average molecular weight is 232 g/mol. The zero-order valence-corrected chi connectivity index (χ0v) is 9.33. The van der Waals surface area contributed by atoms with Crippen LogP contribution >= 0.6 is 0 Å².